The molecule has 1 heterocycles. The Morgan fingerprint density at radius 2 is 1.86 bits per heavy atom. The van der Waals surface area contributed by atoms with Gasteiger partial charge >= 0.3 is 0 Å². The molecule has 0 atom stereocenters. The van der Waals surface area contributed by atoms with Crippen molar-refractivity contribution in [2.75, 3.05) is 6.54 Å². The molecule has 1 saturated carbocycles. The maximum Gasteiger partial charge on any atom is 0.254 e. The molecule has 0 unspecified atom stereocenters. The predicted octanol–water partition coefficient (Wildman–Crippen LogP) is 4.26. The standard InChI is InChI=1S/C22H21F2N3O/c23-19-9-7-17(8-10-19)22(28)27(13-16-5-6-16)15-21-25-11-12-26(21)14-18-3-1-2-4-20(18)24/h1-4,7-12,16H,5-6,13-15H2. The smallest absolute Gasteiger partial charge is 0.254 e. The van der Waals surface area contributed by atoms with E-state index >= 15 is 0 Å². The molecule has 0 spiro atoms. The molecule has 1 aliphatic carbocycles. The fourth-order valence-electron chi connectivity index (χ4n) is 3.22. The van der Waals surface area contributed by atoms with Crippen molar-refractivity contribution in [2.24, 2.45) is 5.92 Å². The molecule has 0 saturated heterocycles. The van der Waals surface area contributed by atoms with Crippen LogP contribution in [0.25, 0.3) is 0 Å². The van der Waals surface area contributed by atoms with Crippen molar-refractivity contribution >= 4 is 5.91 Å². The van der Waals surface area contributed by atoms with Crippen molar-refractivity contribution in [1.82, 2.24) is 14.5 Å². The maximum absolute atomic E-state index is 14.0. The molecule has 1 amide bonds. The first-order valence-corrected chi connectivity index (χ1v) is 9.38. The molecule has 4 rings (SSSR count). The molecule has 0 bridgehead atoms. The summed E-state index contributed by atoms with van der Waals surface area (Å²) >= 11 is 0. The van der Waals surface area contributed by atoms with E-state index in [0.717, 1.165) is 12.8 Å². The van der Waals surface area contributed by atoms with Gasteiger partial charge in [0, 0.05) is 30.1 Å². The number of rotatable bonds is 7. The van der Waals surface area contributed by atoms with E-state index in [4.69, 9.17) is 0 Å². The Morgan fingerprint density at radius 3 is 2.57 bits per heavy atom. The van der Waals surface area contributed by atoms with Gasteiger partial charge in [0.25, 0.3) is 5.91 Å². The summed E-state index contributed by atoms with van der Waals surface area (Å²) in [6.45, 7) is 1.32. The average Bonchev–Trinajstić information content (AvgIpc) is 3.41. The van der Waals surface area contributed by atoms with Gasteiger partial charge in [0.2, 0.25) is 0 Å². The van der Waals surface area contributed by atoms with E-state index < -0.39 is 0 Å². The van der Waals surface area contributed by atoms with Gasteiger partial charge in [-0.15, -0.1) is 0 Å². The number of benzene rings is 2. The third-order valence-electron chi connectivity index (χ3n) is 4.99. The van der Waals surface area contributed by atoms with Crippen LogP contribution in [-0.4, -0.2) is 26.9 Å². The number of amides is 1. The van der Waals surface area contributed by atoms with Gasteiger partial charge < -0.3 is 9.47 Å². The number of imidazole rings is 1. The molecular weight excluding hydrogens is 360 g/mol. The van der Waals surface area contributed by atoms with Crippen molar-refractivity contribution in [3.05, 3.63) is 89.5 Å². The zero-order chi connectivity index (χ0) is 19.5. The third-order valence-corrected chi connectivity index (χ3v) is 4.99. The van der Waals surface area contributed by atoms with Crippen LogP contribution in [0.15, 0.2) is 60.9 Å². The van der Waals surface area contributed by atoms with Gasteiger partial charge in [0.05, 0.1) is 13.1 Å². The van der Waals surface area contributed by atoms with Gasteiger partial charge in [0.1, 0.15) is 17.5 Å². The van der Waals surface area contributed by atoms with Gasteiger partial charge in [0.15, 0.2) is 0 Å². The summed E-state index contributed by atoms with van der Waals surface area (Å²) in [6.07, 6.45) is 5.67. The number of aromatic nitrogens is 2. The monoisotopic (exact) mass is 381 g/mol. The summed E-state index contributed by atoms with van der Waals surface area (Å²) in [6, 6.07) is 12.2. The van der Waals surface area contributed by atoms with E-state index in [1.165, 1.54) is 30.3 Å². The first kappa shape index (κ1) is 18.3. The molecule has 1 aromatic heterocycles. The Kier molecular flexibility index (Phi) is 5.19. The second-order valence-corrected chi connectivity index (χ2v) is 7.20. The minimum absolute atomic E-state index is 0.146. The minimum atomic E-state index is -0.370. The quantitative estimate of drug-likeness (QED) is 0.613. The van der Waals surface area contributed by atoms with Crippen molar-refractivity contribution in [3.63, 3.8) is 0 Å². The van der Waals surface area contributed by atoms with Crippen LogP contribution >= 0.6 is 0 Å². The van der Waals surface area contributed by atoms with Crippen molar-refractivity contribution in [2.45, 2.75) is 25.9 Å². The maximum atomic E-state index is 14.0. The highest BCUT2D eigenvalue weighted by atomic mass is 19.1. The lowest BCUT2D eigenvalue weighted by atomic mass is 10.2. The zero-order valence-electron chi connectivity index (χ0n) is 15.4. The van der Waals surface area contributed by atoms with Gasteiger partial charge in [-0.05, 0) is 49.1 Å². The normalized spacial score (nSPS) is 13.5. The largest absolute Gasteiger partial charge is 0.331 e. The van der Waals surface area contributed by atoms with Crippen LogP contribution < -0.4 is 0 Å². The fourth-order valence-corrected chi connectivity index (χ4v) is 3.22. The highest BCUT2D eigenvalue weighted by Gasteiger charge is 2.28. The SMILES string of the molecule is O=C(c1ccc(F)cc1)N(Cc1nccn1Cc1ccccc1F)CC1CC1. The van der Waals surface area contributed by atoms with Crippen LogP contribution in [0.4, 0.5) is 8.78 Å². The molecule has 1 fully saturated rings. The Hall–Kier alpha value is -3.02. The number of carbonyl (C=O) groups is 1. The number of nitrogens with zero attached hydrogens (tertiary/aromatic N) is 3. The zero-order valence-corrected chi connectivity index (χ0v) is 15.4. The Labute approximate surface area is 162 Å². The van der Waals surface area contributed by atoms with Crippen LogP contribution in [0.2, 0.25) is 0 Å². The molecule has 0 aliphatic heterocycles. The lowest BCUT2D eigenvalue weighted by Crippen LogP contribution is -2.33. The molecule has 28 heavy (non-hydrogen) atoms. The van der Waals surface area contributed by atoms with E-state index in [1.54, 1.807) is 35.5 Å². The van der Waals surface area contributed by atoms with Crippen LogP contribution in [0, 0.1) is 17.6 Å². The summed E-state index contributed by atoms with van der Waals surface area (Å²) in [4.78, 5) is 19.1. The molecule has 6 heteroatoms. The molecule has 1 aliphatic rings. The Balaban J connectivity index is 1.54. The van der Waals surface area contributed by atoms with E-state index in [0.29, 0.717) is 42.5 Å². The summed E-state index contributed by atoms with van der Waals surface area (Å²) in [5, 5.41) is 0. The second kappa shape index (κ2) is 7.92. The number of hydrogen-bond donors (Lipinski definition) is 0. The van der Waals surface area contributed by atoms with E-state index in [9.17, 15) is 13.6 Å². The lowest BCUT2D eigenvalue weighted by molar-refractivity contribution is 0.0728. The lowest BCUT2D eigenvalue weighted by Gasteiger charge is -2.23. The Morgan fingerprint density at radius 1 is 1.11 bits per heavy atom. The molecule has 4 nitrogen and oxygen atoms in total. The Bertz CT molecular complexity index is 964. The van der Waals surface area contributed by atoms with Crippen LogP contribution in [-0.2, 0) is 13.1 Å². The van der Waals surface area contributed by atoms with Gasteiger partial charge in [-0.1, -0.05) is 18.2 Å². The van der Waals surface area contributed by atoms with E-state index in [1.807, 2.05) is 4.57 Å². The van der Waals surface area contributed by atoms with Crippen molar-refractivity contribution in [3.8, 4) is 0 Å². The van der Waals surface area contributed by atoms with E-state index in [2.05, 4.69) is 4.98 Å². The van der Waals surface area contributed by atoms with Gasteiger partial charge in [-0.2, -0.15) is 0 Å². The summed E-state index contributed by atoms with van der Waals surface area (Å²) in [5.41, 5.74) is 1.02. The molecular formula is C22H21F2N3O. The van der Waals surface area contributed by atoms with Crippen LogP contribution in [0.5, 0.6) is 0 Å². The van der Waals surface area contributed by atoms with Crippen LogP contribution in [0.1, 0.15) is 34.6 Å². The topological polar surface area (TPSA) is 38.1 Å². The summed E-state index contributed by atoms with van der Waals surface area (Å²) in [7, 11) is 0. The molecule has 144 valence electrons. The molecule has 0 N–H and O–H groups in total. The average molecular weight is 381 g/mol. The highest BCUT2D eigenvalue weighted by molar-refractivity contribution is 5.94. The molecule has 3 aromatic rings. The number of halogens is 2. The third kappa shape index (κ3) is 4.27. The molecule has 0 radical (unpaired) electrons. The van der Waals surface area contributed by atoms with Crippen molar-refractivity contribution in [1.29, 1.82) is 0 Å². The first-order chi connectivity index (χ1) is 13.6. The van der Waals surface area contributed by atoms with Gasteiger partial charge in [-0.25, -0.2) is 13.8 Å². The predicted molar refractivity (Wildman–Crippen MR) is 102 cm³/mol. The van der Waals surface area contributed by atoms with Crippen LogP contribution in [0.3, 0.4) is 0 Å². The number of hydrogen-bond acceptors (Lipinski definition) is 2. The van der Waals surface area contributed by atoms with Crippen molar-refractivity contribution < 1.29 is 13.6 Å². The molecule has 2 aromatic carbocycles. The first-order valence-electron chi connectivity index (χ1n) is 9.38. The number of carbonyl (C=O) groups excluding carboxylic acids is 1. The summed E-state index contributed by atoms with van der Waals surface area (Å²) in [5.74, 6) is 0.413. The second-order valence-electron chi connectivity index (χ2n) is 7.20. The van der Waals surface area contributed by atoms with E-state index in [-0.39, 0.29) is 17.5 Å². The minimum Gasteiger partial charge on any atom is -0.331 e. The highest BCUT2D eigenvalue weighted by Crippen LogP contribution is 2.30. The summed E-state index contributed by atoms with van der Waals surface area (Å²) < 4.78 is 29.1. The fraction of sp³-hybridized carbons (Fsp3) is 0.273. The van der Waals surface area contributed by atoms with Gasteiger partial charge in [-0.3, -0.25) is 4.79 Å².